The average molecular weight is 274 g/mol. The maximum atomic E-state index is 5.58. The third kappa shape index (κ3) is 2.36. The fourth-order valence-electron chi connectivity index (χ4n) is 3.43. The van der Waals surface area contributed by atoms with E-state index in [4.69, 9.17) is 12.2 Å². The second-order valence-electron chi connectivity index (χ2n) is 6.00. The van der Waals surface area contributed by atoms with E-state index in [1.54, 1.807) is 0 Å². The van der Waals surface area contributed by atoms with Crippen molar-refractivity contribution in [2.75, 3.05) is 0 Å². The van der Waals surface area contributed by atoms with Crippen LogP contribution in [0.4, 0.5) is 0 Å². The summed E-state index contributed by atoms with van der Waals surface area (Å²) in [4.78, 5) is 3.38. The maximum Gasteiger partial charge on any atom is 0.178 e. The molecule has 2 unspecified atom stereocenters. The standard InChI is InChI=1S/C16H22N2S/c1-11-8-9-15-13(10-11)17-16(19)18(15)14-7-5-3-4-6-12(14)2/h8-10,12,14H,3-7H2,1-2H3,(H,17,19). The number of aromatic nitrogens is 2. The van der Waals surface area contributed by atoms with Gasteiger partial charge in [0.2, 0.25) is 0 Å². The molecule has 1 saturated carbocycles. The largest absolute Gasteiger partial charge is 0.331 e. The third-order valence-electron chi connectivity index (χ3n) is 4.52. The molecule has 19 heavy (non-hydrogen) atoms. The van der Waals surface area contributed by atoms with Crippen LogP contribution in [0.1, 0.15) is 50.6 Å². The number of benzene rings is 1. The van der Waals surface area contributed by atoms with Gasteiger partial charge in [-0.25, -0.2) is 0 Å². The fraction of sp³-hybridized carbons (Fsp3) is 0.562. The molecule has 3 rings (SSSR count). The van der Waals surface area contributed by atoms with Crippen molar-refractivity contribution in [2.24, 2.45) is 5.92 Å². The zero-order chi connectivity index (χ0) is 13.4. The molecule has 102 valence electrons. The molecule has 1 fully saturated rings. The summed E-state index contributed by atoms with van der Waals surface area (Å²) in [5.41, 5.74) is 3.74. The van der Waals surface area contributed by atoms with Crippen molar-refractivity contribution in [1.29, 1.82) is 0 Å². The number of nitrogens with zero attached hydrogens (tertiary/aromatic N) is 1. The number of hydrogen-bond donors (Lipinski definition) is 1. The van der Waals surface area contributed by atoms with Crippen molar-refractivity contribution in [2.45, 2.75) is 52.0 Å². The molecule has 1 aliphatic carbocycles. The smallest absolute Gasteiger partial charge is 0.178 e. The number of hydrogen-bond acceptors (Lipinski definition) is 1. The molecule has 1 N–H and O–H groups in total. The van der Waals surface area contributed by atoms with E-state index in [0.717, 1.165) is 10.7 Å². The van der Waals surface area contributed by atoms with E-state index in [1.165, 1.54) is 48.7 Å². The number of rotatable bonds is 1. The van der Waals surface area contributed by atoms with Crippen molar-refractivity contribution in [3.63, 3.8) is 0 Å². The summed E-state index contributed by atoms with van der Waals surface area (Å²) < 4.78 is 3.26. The number of aromatic amines is 1. The number of imidazole rings is 1. The van der Waals surface area contributed by atoms with Gasteiger partial charge in [0.05, 0.1) is 11.0 Å². The molecule has 0 amide bonds. The van der Waals surface area contributed by atoms with E-state index in [-0.39, 0.29) is 0 Å². The van der Waals surface area contributed by atoms with Gasteiger partial charge < -0.3 is 9.55 Å². The fourth-order valence-corrected chi connectivity index (χ4v) is 3.77. The van der Waals surface area contributed by atoms with Crippen molar-refractivity contribution >= 4 is 23.3 Å². The van der Waals surface area contributed by atoms with Gasteiger partial charge in [0.1, 0.15) is 0 Å². The Morgan fingerprint density at radius 2 is 2.00 bits per heavy atom. The van der Waals surface area contributed by atoms with Gasteiger partial charge >= 0.3 is 0 Å². The Bertz CT molecular complexity index is 638. The lowest BCUT2D eigenvalue weighted by Gasteiger charge is -2.23. The first kappa shape index (κ1) is 12.9. The lowest BCUT2D eigenvalue weighted by Crippen LogP contribution is -2.16. The number of H-pyrrole nitrogens is 1. The predicted molar refractivity (Wildman–Crippen MR) is 83.1 cm³/mol. The van der Waals surface area contributed by atoms with Gasteiger partial charge in [0.25, 0.3) is 0 Å². The molecule has 1 aliphatic rings. The molecule has 3 heteroatoms. The zero-order valence-corrected chi connectivity index (χ0v) is 12.6. The first-order valence-corrected chi connectivity index (χ1v) is 7.78. The van der Waals surface area contributed by atoms with Gasteiger partial charge in [-0.3, -0.25) is 0 Å². The number of nitrogens with one attached hydrogen (secondary N) is 1. The highest BCUT2D eigenvalue weighted by atomic mass is 32.1. The first-order valence-electron chi connectivity index (χ1n) is 7.37. The highest BCUT2D eigenvalue weighted by molar-refractivity contribution is 7.71. The van der Waals surface area contributed by atoms with Crippen LogP contribution in [0.5, 0.6) is 0 Å². The van der Waals surface area contributed by atoms with Crippen LogP contribution in [0.3, 0.4) is 0 Å². The van der Waals surface area contributed by atoms with Gasteiger partial charge in [-0.2, -0.15) is 0 Å². The second-order valence-corrected chi connectivity index (χ2v) is 6.39. The normalized spacial score (nSPS) is 24.5. The third-order valence-corrected chi connectivity index (χ3v) is 4.82. The summed E-state index contributed by atoms with van der Waals surface area (Å²) in [6.45, 7) is 4.51. The van der Waals surface area contributed by atoms with Crippen molar-refractivity contribution < 1.29 is 0 Å². The Kier molecular flexibility index (Phi) is 3.48. The minimum absolute atomic E-state index is 0.562. The van der Waals surface area contributed by atoms with E-state index < -0.39 is 0 Å². The molecular weight excluding hydrogens is 252 g/mol. The molecule has 0 radical (unpaired) electrons. The molecule has 0 spiro atoms. The Labute approximate surface area is 119 Å². The van der Waals surface area contributed by atoms with E-state index >= 15 is 0 Å². The second kappa shape index (κ2) is 5.12. The summed E-state index contributed by atoms with van der Waals surface area (Å²) in [6.07, 6.45) is 6.65. The molecule has 1 heterocycles. The van der Waals surface area contributed by atoms with Crippen LogP contribution in [-0.2, 0) is 0 Å². The maximum absolute atomic E-state index is 5.58. The van der Waals surface area contributed by atoms with E-state index in [0.29, 0.717) is 6.04 Å². The van der Waals surface area contributed by atoms with E-state index in [9.17, 15) is 0 Å². The Morgan fingerprint density at radius 3 is 2.84 bits per heavy atom. The zero-order valence-electron chi connectivity index (χ0n) is 11.8. The van der Waals surface area contributed by atoms with Gasteiger partial charge in [0, 0.05) is 6.04 Å². The average Bonchev–Trinajstić information content (AvgIpc) is 2.54. The summed E-state index contributed by atoms with van der Waals surface area (Å²) >= 11 is 5.58. The summed E-state index contributed by atoms with van der Waals surface area (Å²) in [6, 6.07) is 7.16. The predicted octanol–water partition coefficient (Wildman–Crippen LogP) is 5.15. The van der Waals surface area contributed by atoms with Gasteiger partial charge in [-0.05, 0) is 55.6 Å². The molecule has 2 atom stereocenters. The first-order chi connectivity index (χ1) is 9.16. The van der Waals surface area contributed by atoms with Crippen LogP contribution in [0.2, 0.25) is 0 Å². The van der Waals surface area contributed by atoms with Crippen LogP contribution < -0.4 is 0 Å². The SMILES string of the molecule is Cc1ccc2c(c1)[nH]c(=S)n2C1CCCCCC1C. The molecule has 1 aromatic heterocycles. The summed E-state index contributed by atoms with van der Waals surface area (Å²) in [5, 5.41) is 0. The van der Waals surface area contributed by atoms with Gasteiger partial charge in [-0.1, -0.05) is 32.3 Å². The quantitative estimate of drug-likeness (QED) is 0.563. The Morgan fingerprint density at radius 1 is 1.21 bits per heavy atom. The molecular formula is C16H22N2S. The van der Waals surface area contributed by atoms with Crippen molar-refractivity contribution in [3.05, 3.63) is 28.5 Å². The summed E-state index contributed by atoms with van der Waals surface area (Å²) in [7, 11) is 0. The summed E-state index contributed by atoms with van der Waals surface area (Å²) in [5.74, 6) is 0.717. The van der Waals surface area contributed by atoms with Crippen LogP contribution >= 0.6 is 12.2 Å². The van der Waals surface area contributed by atoms with E-state index in [1.807, 2.05) is 0 Å². The number of aryl methyl sites for hydroxylation is 1. The van der Waals surface area contributed by atoms with Crippen molar-refractivity contribution in [1.82, 2.24) is 9.55 Å². The molecule has 1 aromatic carbocycles. The molecule has 0 bridgehead atoms. The highest BCUT2D eigenvalue weighted by Gasteiger charge is 2.23. The monoisotopic (exact) mass is 274 g/mol. The van der Waals surface area contributed by atoms with Gasteiger partial charge in [-0.15, -0.1) is 0 Å². The van der Waals surface area contributed by atoms with Crippen LogP contribution in [0, 0.1) is 17.6 Å². The van der Waals surface area contributed by atoms with Crippen LogP contribution in [-0.4, -0.2) is 9.55 Å². The number of fused-ring (bicyclic) bond motifs is 1. The molecule has 0 aliphatic heterocycles. The minimum Gasteiger partial charge on any atom is -0.331 e. The lowest BCUT2D eigenvalue weighted by atomic mass is 9.96. The van der Waals surface area contributed by atoms with Crippen LogP contribution in [0.15, 0.2) is 18.2 Å². The van der Waals surface area contributed by atoms with Crippen LogP contribution in [0.25, 0.3) is 11.0 Å². The molecule has 2 aromatic rings. The minimum atomic E-state index is 0.562. The topological polar surface area (TPSA) is 20.7 Å². The molecule has 0 saturated heterocycles. The Balaban J connectivity index is 2.13. The molecule has 2 nitrogen and oxygen atoms in total. The van der Waals surface area contributed by atoms with Gasteiger partial charge in [0.15, 0.2) is 4.77 Å². The Hall–Kier alpha value is -1.09. The lowest BCUT2D eigenvalue weighted by molar-refractivity contribution is 0.338. The van der Waals surface area contributed by atoms with Crippen molar-refractivity contribution in [3.8, 4) is 0 Å². The van der Waals surface area contributed by atoms with E-state index in [2.05, 4.69) is 41.6 Å². The highest BCUT2D eigenvalue weighted by Crippen LogP contribution is 2.34.